The fourth-order valence-corrected chi connectivity index (χ4v) is 2.20. The number of rotatable bonds is 4. The highest BCUT2D eigenvalue weighted by atomic mass is 79.9. The molecule has 0 aliphatic rings. The van der Waals surface area contributed by atoms with E-state index in [1.54, 1.807) is 6.07 Å². The SMILES string of the molecule is FC(F)(F)COCOc1ccc2ccccc2c1Br. The van der Waals surface area contributed by atoms with Crippen LogP contribution in [0.3, 0.4) is 0 Å². The second-order valence-corrected chi connectivity index (χ2v) is 4.62. The van der Waals surface area contributed by atoms with Gasteiger partial charge in [-0.25, -0.2) is 0 Å². The van der Waals surface area contributed by atoms with Gasteiger partial charge in [0.15, 0.2) is 6.79 Å². The summed E-state index contributed by atoms with van der Waals surface area (Å²) in [6, 6.07) is 11.1. The van der Waals surface area contributed by atoms with Gasteiger partial charge in [-0.15, -0.1) is 0 Å². The van der Waals surface area contributed by atoms with Gasteiger partial charge in [0.1, 0.15) is 12.4 Å². The van der Waals surface area contributed by atoms with Crippen molar-refractivity contribution in [1.82, 2.24) is 0 Å². The summed E-state index contributed by atoms with van der Waals surface area (Å²) in [5.74, 6) is 0.445. The van der Waals surface area contributed by atoms with E-state index in [-0.39, 0.29) is 0 Å². The van der Waals surface area contributed by atoms with E-state index in [9.17, 15) is 13.2 Å². The largest absolute Gasteiger partial charge is 0.466 e. The number of ether oxygens (including phenoxy) is 2. The average molecular weight is 335 g/mol. The van der Waals surface area contributed by atoms with Crippen molar-refractivity contribution in [2.24, 2.45) is 0 Å². The van der Waals surface area contributed by atoms with E-state index < -0.39 is 19.6 Å². The highest BCUT2D eigenvalue weighted by Crippen LogP contribution is 2.33. The third-order valence-corrected chi connectivity index (χ3v) is 3.21. The van der Waals surface area contributed by atoms with Crippen molar-refractivity contribution in [2.45, 2.75) is 6.18 Å². The lowest BCUT2D eigenvalue weighted by Crippen LogP contribution is -2.19. The Hall–Kier alpha value is -1.27. The first-order valence-electron chi connectivity index (χ1n) is 5.42. The van der Waals surface area contributed by atoms with Gasteiger partial charge in [0, 0.05) is 0 Å². The van der Waals surface area contributed by atoms with Crippen LogP contribution in [0.5, 0.6) is 5.75 Å². The van der Waals surface area contributed by atoms with E-state index in [0.717, 1.165) is 10.8 Å². The lowest BCUT2D eigenvalue weighted by atomic mass is 10.1. The predicted molar refractivity (Wildman–Crippen MR) is 69.2 cm³/mol. The molecule has 0 aliphatic carbocycles. The lowest BCUT2D eigenvalue weighted by Gasteiger charge is -2.11. The molecule has 0 saturated heterocycles. The van der Waals surface area contributed by atoms with Gasteiger partial charge >= 0.3 is 6.18 Å². The van der Waals surface area contributed by atoms with Crippen molar-refractivity contribution in [3.05, 3.63) is 40.9 Å². The molecule has 0 fully saturated rings. The maximum Gasteiger partial charge on any atom is 0.411 e. The molecule has 2 rings (SSSR count). The predicted octanol–water partition coefficient (Wildman–Crippen LogP) is 4.52. The van der Waals surface area contributed by atoms with Crippen molar-refractivity contribution in [2.75, 3.05) is 13.4 Å². The van der Waals surface area contributed by atoms with Gasteiger partial charge < -0.3 is 9.47 Å². The number of benzene rings is 2. The number of hydrogen-bond donors (Lipinski definition) is 0. The van der Waals surface area contributed by atoms with Crippen LogP contribution in [-0.2, 0) is 4.74 Å². The molecule has 2 aromatic carbocycles. The number of halogens is 4. The second-order valence-electron chi connectivity index (χ2n) is 3.82. The summed E-state index contributed by atoms with van der Waals surface area (Å²) in [5.41, 5.74) is 0. The minimum absolute atomic E-state index is 0.445. The first-order chi connectivity index (χ1) is 8.97. The summed E-state index contributed by atoms with van der Waals surface area (Å²) >= 11 is 3.37. The average Bonchev–Trinajstić information content (AvgIpc) is 2.36. The van der Waals surface area contributed by atoms with E-state index in [1.807, 2.05) is 30.3 Å². The Morgan fingerprint density at radius 2 is 1.79 bits per heavy atom. The molecule has 0 unspecified atom stereocenters. The summed E-state index contributed by atoms with van der Waals surface area (Å²) < 4.78 is 45.9. The monoisotopic (exact) mass is 334 g/mol. The van der Waals surface area contributed by atoms with Crippen LogP contribution in [0.4, 0.5) is 13.2 Å². The molecule has 0 aliphatic heterocycles. The minimum atomic E-state index is -4.34. The quantitative estimate of drug-likeness (QED) is 0.604. The maximum absolute atomic E-state index is 11.9. The number of alkyl halides is 3. The Morgan fingerprint density at radius 1 is 1.05 bits per heavy atom. The van der Waals surface area contributed by atoms with Crippen molar-refractivity contribution in [3.63, 3.8) is 0 Å². The van der Waals surface area contributed by atoms with E-state index in [2.05, 4.69) is 20.7 Å². The molecule has 0 heterocycles. The first-order valence-corrected chi connectivity index (χ1v) is 6.21. The summed E-state index contributed by atoms with van der Waals surface area (Å²) in [4.78, 5) is 0. The standard InChI is InChI=1S/C13H10BrF3O2/c14-12-10-4-2-1-3-9(10)5-6-11(12)19-8-18-7-13(15,16)17/h1-6H,7-8H2. The number of hydrogen-bond acceptors (Lipinski definition) is 2. The van der Waals surface area contributed by atoms with E-state index >= 15 is 0 Å². The molecule has 0 N–H and O–H groups in total. The Morgan fingerprint density at radius 3 is 2.53 bits per heavy atom. The second kappa shape index (κ2) is 5.79. The molecule has 0 radical (unpaired) electrons. The molecule has 6 heteroatoms. The molecule has 102 valence electrons. The van der Waals surface area contributed by atoms with Crippen LogP contribution in [0.15, 0.2) is 40.9 Å². The van der Waals surface area contributed by atoms with Crippen LogP contribution < -0.4 is 4.74 Å². The Kier molecular flexibility index (Phi) is 4.31. The molecule has 0 spiro atoms. The van der Waals surface area contributed by atoms with Gasteiger partial charge in [-0.1, -0.05) is 30.3 Å². The van der Waals surface area contributed by atoms with Crippen LogP contribution in [0.1, 0.15) is 0 Å². The number of fused-ring (bicyclic) bond motifs is 1. The van der Waals surface area contributed by atoms with Crippen LogP contribution >= 0.6 is 15.9 Å². The lowest BCUT2D eigenvalue weighted by molar-refractivity contribution is -0.186. The Labute approximate surface area is 116 Å². The van der Waals surface area contributed by atoms with E-state index in [4.69, 9.17) is 4.74 Å². The maximum atomic E-state index is 11.9. The topological polar surface area (TPSA) is 18.5 Å². The van der Waals surface area contributed by atoms with Gasteiger partial charge in [-0.2, -0.15) is 13.2 Å². The minimum Gasteiger partial charge on any atom is -0.466 e. The van der Waals surface area contributed by atoms with Crippen LogP contribution in [-0.4, -0.2) is 19.6 Å². The van der Waals surface area contributed by atoms with Crippen molar-refractivity contribution in [1.29, 1.82) is 0 Å². The van der Waals surface area contributed by atoms with Gasteiger partial charge in [0.25, 0.3) is 0 Å². The zero-order chi connectivity index (χ0) is 13.9. The molecule has 0 aromatic heterocycles. The van der Waals surface area contributed by atoms with E-state index in [1.165, 1.54) is 0 Å². The fraction of sp³-hybridized carbons (Fsp3) is 0.231. The van der Waals surface area contributed by atoms with Crippen LogP contribution in [0.2, 0.25) is 0 Å². The Bertz CT molecular complexity index is 569. The third-order valence-electron chi connectivity index (χ3n) is 2.39. The highest BCUT2D eigenvalue weighted by Gasteiger charge is 2.27. The Balaban J connectivity index is 2.03. The van der Waals surface area contributed by atoms with Gasteiger partial charge in [0.05, 0.1) is 4.47 Å². The zero-order valence-corrected chi connectivity index (χ0v) is 11.3. The van der Waals surface area contributed by atoms with Gasteiger partial charge in [0.2, 0.25) is 0 Å². The van der Waals surface area contributed by atoms with Crippen molar-refractivity contribution in [3.8, 4) is 5.75 Å². The summed E-state index contributed by atoms with van der Waals surface area (Å²) in [6.07, 6.45) is -4.34. The molecule has 2 aromatic rings. The van der Waals surface area contributed by atoms with Crippen molar-refractivity contribution < 1.29 is 22.6 Å². The zero-order valence-electron chi connectivity index (χ0n) is 9.71. The fourth-order valence-electron chi connectivity index (χ4n) is 1.59. The highest BCUT2D eigenvalue weighted by molar-refractivity contribution is 9.10. The molecule has 19 heavy (non-hydrogen) atoms. The smallest absolute Gasteiger partial charge is 0.411 e. The van der Waals surface area contributed by atoms with Gasteiger partial charge in [-0.05, 0) is 32.8 Å². The van der Waals surface area contributed by atoms with Crippen LogP contribution in [0, 0.1) is 0 Å². The molecule has 0 saturated carbocycles. The molecular formula is C13H10BrF3O2. The molecule has 0 bridgehead atoms. The molecule has 2 nitrogen and oxygen atoms in total. The van der Waals surface area contributed by atoms with Gasteiger partial charge in [-0.3, -0.25) is 0 Å². The molecular weight excluding hydrogens is 325 g/mol. The normalized spacial score (nSPS) is 11.8. The first kappa shape index (κ1) is 14.1. The molecule has 0 amide bonds. The third kappa shape index (κ3) is 3.84. The van der Waals surface area contributed by atoms with Crippen molar-refractivity contribution >= 4 is 26.7 Å². The summed E-state index contributed by atoms with van der Waals surface area (Å²) in [6.45, 7) is -1.77. The van der Waals surface area contributed by atoms with Crippen LogP contribution in [0.25, 0.3) is 10.8 Å². The van der Waals surface area contributed by atoms with E-state index in [0.29, 0.717) is 10.2 Å². The summed E-state index contributed by atoms with van der Waals surface area (Å²) in [5, 5.41) is 1.94. The molecule has 0 atom stereocenters. The summed E-state index contributed by atoms with van der Waals surface area (Å²) in [7, 11) is 0.